The second-order valence-electron chi connectivity index (χ2n) is 4.01. The van der Waals surface area contributed by atoms with E-state index in [2.05, 4.69) is 73.0 Å². The average Bonchev–Trinajstić information content (AvgIpc) is 2.60. The van der Waals surface area contributed by atoms with Crippen molar-refractivity contribution >= 4 is 70.2 Å². The molecule has 26 heavy (non-hydrogen) atoms. The molecule has 0 saturated heterocycles. The number of ether oxygens (including phenoxy) is 2. The second-order valence-corrected chi connectivity index (χ2v) is 5.33. The number of hydrogen-bond donors (Lipinski definition) is 7. The van der Waals surface area contributed by atoms with Crippen molar-refractivity contribution < 1.29 is 14.3 Å². The molecule has 0 aliphatic heterocycles. The Labute approximate surface area is 168 Å². The lowest BCUT2D eigenvalue weighted by molar-refractivity contribution is -0.186. The highest BCUT2D eigenvalue weighted by Crippen LogP contribution is 2.03. The highest BCUT2D eigenvalue weighted by Gasteiger charge is 2.20. The minimum atomic E-state index is -1.06. The summed E-state index contributed by atoms with van der Waals surface area (Å²) in [5, 5.41) is 7.70. The van der Waals surface area contributed by atoms with E-state index >= 15 is 0 Å². The van der Waals surface area contributed by atoms with Gasteiger partial charge < -0.3 is 32.1 Å². The molecule has 15 heteroatoms. The Kier molecular flexibility index (Phi) is 19.7. The molecule has 12 nitrogen and oxygen atoms in total. The van der Waals surface area contributed by atoms with Crippen LogP contribution in [0.15, 0.2) is 10.2 Å². The molecule has 0 aromatic rings. The SMILES string of the molecule is CC(/C=N/NC(N)=S)=N\NC(N)=S.COC(C)(C=O)OC.NNC(N)=S. The van der Waals surface area contributed by atoms with Gasteiger partial charge in [0.25, 0.3) is 0 Å². The summed E-state index contributed by atoms with van der Waals surface area (Å²) < 4.78 is 9.29. The van der Waals surface area contributed by atoms with Gasteiger partial charge in [-0.1, -0.05) is 0 Å². The zero-order valence-electron chi connectivity index (χ0n) is 14.8. The average molecular weight is 428 g/mol. The van der Waals surface area contributed by atoms with Crippen LogP contribution in [-0.2, 0) is 14.3 Å². The first kappa shape index (κ1) is 28.8. The third-order valence-corrected chi connectivity index (χ3v) is 2.24. The van der Waals surface area contributed by atoms with Gasteiger partial charge in [-0.3, -0.25) is 15.6 Å². The number of aldehydes is 1. The zero-order chi connectivity index (χ0) is 21.2. The lowest BCUT2D eigenvalue weighted by Crippen LogP contribution is -2.34. The number of nitrogens with one attached hydrogen (secondary N) is 3. The summed E-state index contributed by atoms with van der Waals surface area (Å²) in [6.07, 6.45) is 2.03. The maximum Gasteiger partial charge on any atom is 0.222 e. The van der Waals surface area contributed by atoms with Crippen molar-refractivity contribution in [1.82, 2.24) is 16.3 Å². The van der Waals surface area contributed by atoms with Gasteiger partial charge in [0.1, 0.15) is 0 Å². The van der Waals surface area contributed by atoms with E-state index in [9.17, 15) is 4.79 Å². The lowest BCUT2D eigenvalue weighted by Gasteiger charge is -2.17. The van der Waals surface area contributed by atoms with Gasteiger partial charge in [0.2, 0.25) is 5.79 Å². The number of nitrogens with two attached hydrogens (primary N) is 4. The molecule has 0 amide bonds. The van der Waals surface area contributed by atoms with E-state index in [4.69, 9.17) is 17.2 Å². The Bertz CT molecular complexity index is 510. The molecule has 0 rings (SSSR count). The number of rotatable bonds is 6. The molecule has 0 aliphatic rings. The van der Waals surface area contributed by atoms with Crippen molar-refractivity contribution in [3.05, 3.63) is 0 Å². The maximum absolute atomic E-state index is 10.0. The number of hydrogen-bond acceptors (Lipinski definition) is 9. The van der Waals surface area contributed by atoms with Crippen LogP contribution in [0, 0.1) is 0 Å². The predicted octanol–water partition coefficient (Wildman–Crippen LogP) is -2.10. The predicted molar refractivity (Wildman–Crippen MR) is 114 cm³/mol. The van der Waals surface area contributed by atoms with Gasteiger partial charge in [0.15, 0.2) is 21.6 Å². The number of thiocarbonyl (C=S) groups is 3. The fourth-order valence-corrected chi connectivity index (χ4v) is 0.639. The molecule has 0 unspecified atom stereocenters. The molecule has 0 atom stereocenters. The summed E-state index contributed by atoms with van der Waals surface area (Å²) in [6.45, 7) is 3.25. The molecule has 150 valence electrons. The van der Waals surface area contributed by atoms with Crippen molar-refractivity contribution in [1.29, 1.82) is 0 Å². The molecular formula is C11H25N9O3S3. The van der Waals surface area contributed by atoms with Crippen molar-refractivity contribution in [3.8, 4) is 0 Å². The number of hydrazone groups is 2. The fourth-order valence-electron chi connectivity index (χ4n) is 0.541. The van der Waals surface area contributed by atoms with E-state index in [0.29, 0.717) is 12.0 Å². The number of carbonyl (C=O) groups is 1. The smallest absolute Gasteiger partial charge is 0.222 e. The topological polar surface area (TPSA) is 200 Å². The molecule has 0 radical (unpaired) electrons. The number of methoxy groups -OCH3 is 2. The quantitative estimate of drug-likeness (QED) is 0.0607. The summed E-state index contributed by atoms with van der Waals surface area (Å²) in [5.74, 6) is 3.60. The molecule has 11 N–H and O–H groups in total. The van der Waals surface area contributed by atoms with Gasteiger partial charge in [-0.15, -0.1) is 0 Å². The number of nitrogens with zero attached hydrogens (tertiary/aromatic N) is 2. The van der Waals surface area contributed by atoms with E-state index in [1.165, 1.54) is 20.4 Å². The van der Waals surface area contributed by atoms with E-state index in [1.54, 1.807) is 13.8 Å². The van der Waals surface area contributed by atoms with Crippen molar-refractivity contribution in [2.45, 2.75) is 19.6 Å². The van der Waals surface area contributed by atoms with E-state index < -0.39 is 5.79 Å². The fraction of sp³-hybridized carbons (Fsp3) is 0.455. The Balaban J connectivity index is -0.000000346. The van der Waals surface area contributed by atoms with Crippen molar-refractivity contribution in [2.75, 3.05) is 14.2 Å². The van der Waals surface area contributed by atoms with Crippen LogP contribution in [0.3, 0.4) is 0 Å². The molecule has 0 aromatic heterocycles. The lowest BCUT2D eigenvalue weighted by atomic mass is 10.4. The molecule has 0 heterocycles. The highest BCUT2D eigenvalue weighted by atomic mass is 32.1. The largest absolute Gasteiger partial charge is 0.375 e. The summed E-state index contributed by atoms with van der Waals surface area (Å²) in [4.78, 5) is 10.0. The van der Waals surface area contributed by atoms with E-state index in [-0.39, 0.29) is 15.3 Å². The van der Waals surface area contributed by atoms with Crippen LogP contribution >= 0.6 is 36.7 Å². The molecular weight excluding hydrogens is 402 g/mol. The molecule has 0 aliphatic carbocycles. The Morgan fingerprint density at radius 1 is 1.04 bits per heavy atom. The van der Waals surface area contributed by atoms with Gasteiger partial charge in [-0.2, -0.15) is 10.2 Å². The van der Waals surface area contributed by atoms with Gasteiger partial charge in [-0.25, -0.2) is 5.84 Å². The van der Waals surface area contributed by atoms with Crippen molar-refractivity contribution in [2.24, 2.45) is 33.2 Å². The Morgan fingerprint density at radius 2 is 1.46 bits per heavy atom. The molecule has 0 fully saturated rings. The minimum absolute atomic E-state index is 0.0892. The standard InChI is InChI=1S/C5H10N6S2.C5H10O3.CH5N3S/c1-3(9-11-5(7)13)2-8-10-4(6)12;1-5(4-6,7-2)8-3;2-1(5)4-3/h2H,1H3,(H3,6,10,12)(H3,7,11,13);4H,1-3H3;3H2,(H3,2,4,5)/b8-2+,9-3+;;. The van der Waals surface area contributed by atoms with Crippen LogP contribution in [0.25, 0.3) is 0 Å². The first-order chi connectivity index (χ1) is 12.0. The van der Waals surface area contributed by atoms with Crippen LogP contribution in [0.2, 0.25) is 0 Å². The summed E-state index contributed by atoms with van der Waals surface area (Å²) in [6, 6.07) is 0. The van der Waals surface area contributed by atoms with Gasteiger partial charge >= 0.3 is 0 Å². The molecule has 0 aromatic carbocycles. The first-order valence-corrected chi connectivity index (χ1v) is 7.71. The summed E-state index contributed by atoms with van der Waals surface area (Å²) >= 11 is 13.3. The van der Waals surface area contributed by atoms with E-state index in [1.807, 2.05) is 5.43 Å². The first-order valence-electron chi connectivity index (χ1n) is 6.48. The normalized spacial score (nSPS) is 10.4. The third kappa shape index (κ3) is 24.2. The minimum Gasteiger partial charge on any atom is -0.375 e. The highest BCUT2D eigenvalue weighted by molar-refractivity contribution is 7.80. The van der Waals surface area contributed by atoms with Crippen LogP contribution in [-0.4, -0.2) is 53.6 Å². The van der Waals surface area contributed by atoms with Crippen LogP contribution in [0.5, 0.6) is 0 Å². The molecule has 0 spiro atoms. The number of hydrazine groups is 1. The van der Waals surface area contributed by atoms with Crippen molar-refractivity contribution in [3.63, 3.8) is 0 Å². The van der Waals surface area contributed by atoms with Crippen LogP contribution < -0.4 is 39.3 Å². The molecule has 0 saturated carbocycles. The van der Waals surface area contributed by atoms with E-state index in [0.717, 1.165) is 0 Å². The third-order valence-electron chi connectivity index (χ3n) is 1.94. The molecule has 0 bridgehead atoms. The van der Waals surface area contributed by atoms with Crippen LogP contribution in [0.1, 0.15) is 13.8 Å². The van der Waals surface area contributed by atoms with Gasteiger partial charge in [0, 0.05) is 14.2 Å². The summed E-state index contributed by atoms with van der Waals surface area (Å²) in [7, 11) is 2.83. The van der Waals surface area contributed by atoms with Crippen LogP contribution in [0.4, 0.5) is 0 Å². The monoisotopic (exact) mass is 427 g/mol. The number of carbonyl (C=O) groups excluding carboxylic acids is 1. The summed E-state index contributed by atoms with van der Waals surface area (Å²) in [5.41, 5.74) is 22.4. The zero-order valence-corrected chi connectivity index (χ0v) is 17.3. The Hall–Kier alpha value is -2.04. The Morgan fingerprint density at radius 3 is 1.69 bits per heavy atom. The second kappa shape index (κ2) is 17.8. The van der Waals surface area contributed by atoms with Gasteiger partial charge in [0.05, 0.1) is 11.9 Å². The van der Waals surface area contributed by atoms with Gasteiger partial charge in [-0.05, 0) is 50.5 Å². The maximum atomic E-state index is 10.0.